The summed E-state index contributed by atoms with van der Waals surface area (Å²) in [7, 11) is 4.37. The van der Waals surface area contributed by atoms with Crippen LogP contribution >= 0.6 is 11.6 Å². The van der Waals surface area contributed by atoms with Crippen molar-refractivity contribution in [2.24, 2.45) is 0 Å². The predicted molar refractivity (Wildman–Crippen MR) is 108 cm³/mol. The summed E-state index contributed by atoms with van der Waals surface area (Å²) in [5, 5.41) is 4.07. The molecule has 10 heteroatoms. The molecule has 164 valence electrons. The SMILES string of the molecule is COC1=CC(=O)CC[C@]12Oc1c(Cl)c(-c3nc(C(C)OC)no3)c(C)c(OC)c1C2=O. The zero-order chi connectivity index (χ0) is 22.5. The minimum absolute atomic E-state index is 0.126. The normalized spacial score (nSPS) is 21.0. The van der Waals surface area contributed by atoms with Gasteiger partial charge in [0.2, 0.25) is 17.2 Å². The number of ketones is 2. The summed E-state index contributed by atoms with van der Waals surface area (Å²) < 4.78 is 27.7. The molecule has 1 aromatic heterocycles. The molecule has 0 fully saturated rings. The van der Waals surface area contributed by atoms with Gasteiger partial charge in [0.15, 0.2) is 17.3 Å². The van der Waals surface area contributed by atoms with Gasteiger partial charge >= 0.3 is 0 Å². The molecule has 9 nitrogen and oxygen atoms in total. The van der Waals surface area contributed by atoms with Crippen LogP contribution in [0, 0.1) is 6.92 Å². The lowest BCUT2D eigenvalue weighted by Gasteiger charge is -2.31. The molecule has 1 aliphatic heterocycles. The molecule has 0 radical (unpaired) electrons. The highest BCUT2D eigenvalue weighted by molar-refractivity contribution is 6.36. The first-order chi connectivity index (χ1) is 14.8. The first-order valence-electron chi connectivity index (χ1n) is 9.58. The number of hydrogen-bond acceptors (Lipinski definition) is 9. The summed E-state index contributed by atoms with van der Waals surface area (Å²) in [5.41, 5.74) is -0.359. The maximum Gasteiger partial charge on any atom is 0.260 e. The molecule has 4 rings (SSSR count). The Labute approximate surface area is 183 Å². The smallest absolute Gasteiger partial charge is 0.260 e. The van der Waals surface area contributed by atoms with Gasteiger partial charge in [0, 0.05) is 31.6 Å². The number of benzene rings is 1. The lowest BCUT2D eigenvalue weighted by atomic mass is 9.83. The van der Waals surface area contributed by atoms with Crippen LogP contribution in [0.25, 0.3) is 11.5 Å². The summed E-state index contributed by atoms with van der Waals surface area (Å²) in [6.07, 6.45) is 1.17. The molecule has 1 spiro atoms. The molecule has 2 aromatic rings. The number of fused-ring (bicyclic) bond motifs is 1. The van der Waals surface area contributed by atoms with Gasteiger partial charge in [-0.3, -0.25) is 9.59 Å². The van der Waals surface area contributed by atoms with E-state index in [2.05, 4.69) is 10.1 Å². The van der Waals surface area contributed by atoms with Gasteiger partial charge < -0.3 is 23.5 Å². The number of hydrogen-bond donors (Lipinski definition) is 0. The van der Waals surface area contributed by atoms with Crippen LogP contribution in [0.5, 0.6) is 11.5 Å². The maximum atomic E-state index is 13.6. The zero-order valence-electron chi connectivity index (χ0n) is 17.7. The molecule has 0 saturated carbocycles. The van der Waals surface area contributed by atoms with Crippen LogP contribution < -0.4 is 9.47 Å². The molecule has 2 heterocycles. The van der Waals surface area contributed by atoms with Crippen LogP contribution in [-0.2, 0) is 14.3 Å². The van der Waals surface area contributed by atoms with Crippen molar-refractivity contribution in [3.63, 3.8) is 0 Å². The molecular weight excluding hydrogens is 428 g/mol. The van der Waals surface area contributed by atoms with Gasteiger partial charge in [0.05, 0.1) is 24.8 Å². The second kappa shape index (κ2) is 7.65. The van der Waals surface area contributed by atoms with Gasteiger partial charge in [0.25, 0.3) is 5.89 Å². The standard InChI is InChI=1S/C21H21ClN2O7/c1-9-13(20-23-19(24-31-20)10(2)27-3)15(22)17-14(16(9)29-5)18(26)21(30-17)7-6-11(25)8-12(21)28-4/h8,10H,6-7H2,1-5H3/t10?,21-/m0/s1. The Hall–Kier alpha value is -2.91. The van der Waals surface area contributed by atoms with E-state index in [0.717, 1.165) is 0 Å². The number of ether oxygens (including phenoxy) is 4. The molecule has 1 aromatic carbocycles. The fourth-order valence-electron chi connectivity index (χ4n) is 3.94. The molecule has 31 heavy (non-hydrogen) atoms. The lowest BCUT2D eigenvalue weighted by molar-refractivity contribution is -0.116. The summed E-state index contributed by atoms with van der Waals surface area (Å²) in [5.74, 6) is 0.503. The Morgan fingerprint density at radius 1 is 1.19 bits per heavy atom. The highest BCUT2D eigenvalue weighted by Crippen LogP contribution is 2.54. The van der Waals surface area contributed by atoms with Crippen molar-refractivity contribution >= 4 is 23.2 Å². The second-order valence-electron chi connectivity index (χ2n) is 7.32. The van der Waals surface area contributed by atoms with E-state index in [4.69, 9.17) is 35.1 Å². The molecule has 0 amide bonds. The van der Waals surface area contributed by atoms with Crippen LogP contribution in [0.3, 0.4) is 0 Å². The van der Waals surface area contributed by atoms with Crippen molar-refractivity contribution in [1.82, 2.24) is 10.1 Å². The molecule has 0 saturated heterocycles. The number of rotatable bonds is 5. The molecule has 2 aliphatic rings. The number of aromatic nitrogens is 2. The Morgan fingerprint density at radius 3 is 2.58 bits per heavy atom. The highest BCUT2D eigenvalue weighted by atomic mass is 35.5. The molecule has 1 aliphatic carbocycles. The molecule has 2 atom stereocenters. The number of methoxy groups -OCH3 is 3. The number of nitrogens with zero attached hydrogens (tertiary/aromatic N) is 2. The third kappa shape index (κ3) is 3.02. The van der Waals surface area contributed by atoms with E-state index >= 15 is 0 Å². The summed E-state index contributed by atoms with van der Waals surface area (Å²) in [6.45, 7) is 3.51. The molecule has 0 N–H and O–H groups in total. The first-order valence-corrected chi connectivity index (χ1v) is 9.96. The topological polar surface area (TPSA) is 110 Å². The summed E-state index contributed by atoms with van der Waals surface area (Å²) in [6, 6.07) is 0. The largest absolute Gasteiger partial charge is 0.496 e. The minimum atomic E-state index is -1.47. The Morgan fingerprint density at radius 2 is 1.94 bits per heavy atom. The lowest BCUT2D eigenvalue weighted by Crippen LogP contribution is -2.45. The van der Waals surface area contributed by atoms with E-state index < -0.39 is 5.60 Å². The molecule has 0 bridgehead atoms. The number of carbonyl (C=O) groups excluding carboxylic acids is 2. The van der Waals surface area contributed by atoms with Crippen LogP contribution in [0.15, 0.2) is 16.4 Å². The fourth-order valence-corrected chi connectivity index (χ4v) is 4.30. The van der Waals surface area contributed by atoms with Crippen molar-refractivity contribution < 1.29 is 33.1 Å². The average Bonchev–Trinajstić information content (AvgIpc) is 3.35. The van der Waals surface area contributed by atoms with E-state index in [0.29, 0.717) is 17.0 Å². The highest BCUT2D eigenvalue weighted by Gasteiger charge is 2.56. The monoisotopic (exact) mass is 448 g/mol. The maximum absolute atomic E-state index is 13.6. The van der Waals surface area contributed by atoms with Gasteiger partial charge in [0.1, 0.15) is 17.4 Å². The predicted octanol–water partition coefficient (Wildman–Crippen LogP) is 3.62. The third-order valence-corrected chi connectivity index (χ3v) is 6.03. The molecule has 1 unspecified atom stereocenters. The van der Waals surface area contributed by atoms with Gasteiger partial charge in [-0.15, -0.1) is 0 Å². The van der Waals surface area contributed by atoms with Gasteiger partial charge in [-0.25, -0.2) is 0 Å². The van der Waals surface area contributed by atoms with Crippen LogP contribution in [-0.4, -0.2) is 48.6 Å². The van der Waals surface area contributed by atoms with E-state index in [1.165, 1.54) is 27.4 Å². The molecular formula is C21H21ClN2O7. The Balaban J connectivity index is 1.91. The van der Waals surface area contributed by atoms with Crippen molar-refractivity contribution in [1.29, 1.82) is 0 Å². The van der Waals surface area contributed by atoms with Crippen molar-refractivity contribution in [3.05, 3.63) is 33.8 Å². The van der Waals surface area contributed by atoms with E-state index in [1.807, 2.05) is 0 Å². The van der Waals surface area contributed by atoms with Crippen LogP contribution in [0.4, 0.5) is 0 Å². The number of Topliss-reactive ketones (excluding diaryl/α,β-unsaturated/α-hetero) is 1. The van der Waals surface area contributed by atoms with E-state index in [9.17, 15) is 9.59 Å². The number of allylic oxidation sites excluding steroid dienone is 1. The van der Waals surface area contributed by atoms with Crippen LogP contribution in [0.1, 0.15) is 47.6 Å². The Kier molecular flexibility index (Phi) is 5.26. The number of halogens is 1. The number of carbonyl (C=O) groups is 2. The summed E-state index contributed by atoms with van der Waals surface area (Å²) >= 11 is 6.71. The second-order valence-corrected chi connectivity index (χ2v) is 7.70. The summed E-state index contributed by atoms with van der Waals surface area (Å²) in [4.78, 5) is 29.8. The van der Waals surface area contributed by atoms with E-state index in [-0.39, 0.29) is 64.2 Å². The Bertz CT molecular complexity index is 1120. The van der Waals surface area contributed by atoms with Gasteiger partial charge in [-0.1, -0.05) is 16.8 Å². The van der Waals surface area contributed by atoms with Gasteiger partial charge in [-0.05, 0) is 13.8 Å². The zero-order valence-corrected chi connectivity index (χ0v) is 18.5. The fraction of sp³-hybridized carbons (Fsp3) is 0.429. The van der Waals surface area contributed by atoms with Crippen LogP contribution in [0.2, 0.25) is 5.02 Å². The van der Waals surface area contributed by atoms with E-state index in [1.54, 1.807) is 13.8 Å². The van der Waals surface area contributed by atoms with Crippen molar-refractivity contribution in [3.8, 4) is 23.0 Å². The third-order valence-electron chi connectivity index (χ3n) is 5.67. The van der Waals surface area contributed by atoms with Crippen molar-refractivity contribution in [2.75, 3.05) is 21.3 Å². The quantitative estimate of drug-likeness (QED) is 0.677. The minimum Gasteiger partial charge on any atom is -0.496 e. The van der Waals surface area contributed by atoms with Crippen molar-refractivity contribution in [2.45, 2.75) is 38.4 Å². The first kappa shape index (κ1) is 21.3. The average molecular weight is 449 g/mol. The van der Waals surface area contributed by atoms with Gasteiger partial charge in [-0.2, -0.15) is 4.98 Å².